The first-order chi connectivity index (χ1) is 16.2. The molecule has 14 heteroatoms. The smallest absolute Gasteiger partial charge is 0.475 e. The highest BCUT2D eigenvalue weighted by Crippen LogP contribution is 2.42. The summed E-state index contributed by atoms with van der Waals surface area (Å²) in [7, 11) is 0. The summed E-state index contributed by atoms with van der Waals surface area (Å²) in [5.41, 5.74) is 7.13. The van der Waals surface area contributed by atoms with E-state index in [1.54, 1.807) is 18.3 Å². The second-order valence-electron chi connectivity index (χ2n) is 7.38. The summed E-state index contributed by atoms with van der Waals surface area (Å²) in [6, 6.07) is 10.2. The van der Waals surface area contributed by atoms with Crippen LogP contribution in [0.4, 0.5) is 36.8 Å². The third-order valence-corrected chi connectivity index (χ3v) is 4.90. The number of nitrogens with one attached hydrogen (secondary N) is 2. The first kappa shape index (κ1) is 27.7. The van der Waals surface area contributed by atoms with Gasteiger partial charge in [-0.05, 0) is 28.8 Å². The van der Waals surface area contributed by atoms with E-state index in [1.807, 2.05) is 30.3 Å². The molecular weight excluding hydrogens is 488 g/mol. The first-order valence-corrected chi connectivity index (χ1v) is 10.0. The maximum absolute atomic E-state index is 12.9. The molecule has 1 unspecified atom stereocenters. The molecule has 0 bridgehead atoms. The summed E-state index contributed by atoms with van der Waals surface area (Å²) in [6.45, 7) is 0.225. The normalized spacial score (nSPS) is 17.9. The highest BCUT2D eigenvalue weighted by atomic mass is 19.4. The minimum atomic E-state index is -5.08. The summed E-state index contributed by atoms with van der Waals surface area (Å²) in [6.07, 6.45) is -11.7. The van der Waals surface area contributed by atoms with Gasteiger partial charge in [-0.15, -0.1) is 0 Å². The van der Waals surface area contributed by atoms with Gasteiger partial charge < -0.3 is 26.2 Å². The number of amides is 1. The Kier molecular flexibility index (Phi) is 8.55. The third-order valence-electron chi connectivity index (χ3n) is 4.90. The van der Waals surface area contributed by atoms with E-state index in [4.69, 9.17) is 20.4 Å². The molecule has 5 N–H and O–H groups in total. The predicted octanol–water partition coefficient (Wildman–Crippen LogP) is 3.90. The van der Waals surface area contributed by atoms with E-state index in [2.05, 4.69) is 5.32 Å². The summed E-state index contributed by atoms with van der Waals surface area (Å²) < 4.78 is 73.8. The molecule has 8 nitrogen and oxygen atoms in total. The lowest BCUT2D eigenvalue weighted by atomic mass is 9.87. The number of fused-ring (bicyclic) bond motifs is 3. The fraction of sp³-hybridized carbons (Fsp3) is 0.381. The predicted molar refractivity (Wildman–Crippen MR) is 112 cm³/mol. The molecule has 2 aromatic carbocycles. The van der Waals surface area contributed by atoms with Crippen LogP contribution in [0.5, 0.6) is 0 Å². The van der Waals surface area contributed by atoms with Gasteiger partial charge in [-0.2, -0.15) is 26.3 Å². The van der Waals surface area contributed by atoms with E-state index < -0.39 is 49.1 Å². The number of ether oxygens (including phenoxy) is 1. The van der Waals surface area contributed by atoms with Crippen LogP contribution in [0.15, 0.2) is 36.4 Å². The molecule has 3 atom stereocenters. The molecule has 1 amide bonds. The SMILES string of the molecule is CC[C@H](N)C(=O)C1c2c(ccc3ccccc23)N[C@H]1OC(=O)NCC(F)(F)F.O=C(O)C(F)(F)F. The molecule has 0 saturated heterocycles. The van der Waals surface area contributed by atoms with E-state index in [0.717, 1.165) is 10.8 Å². The van der Waals surface area contributed by atoms with Gasteiger partial charge in [-0.25, -0.2) is 9.59 Å². The van der Waals surface area contributed by atoms with Gasteiger partial charge in [0, 0.05) is 5.69 Å². The van der Waals surface area contributed by atoms with Gasteiger partial charge in [-0.3, -0.25) is 4.79 Å². The Morgan fingerprint density at radius 3 is 2.26 bits per heavy atom. The Morgan fingerprint density at radius 2 is 1.71 bits per heavy atom. The number of carboxylic acids is 1. The second kappa shape index (κ2) is 10.8. The molecule has 0 spiro atoms. The van der Waals surface area contributed by atoms with Gasteiger partial charge in [0.2, 0.25) is 0 Å². The second-order valence-corrected chi connectivity index (χ2v) is 7.38. The molecule has 35 heavy (non-hydrogen) atoms. The summed E-state index contributed by atoms with van der Waals surface area (Å²) >= 11 is 0. The number of benzene rings is 2. The largest absolute Gasteiger partial charge is 0.490 e. The van der Waals surface area contributed by atoms with Crippen LogP contribution in [0.25, 0.3) is 10.8 Å². The zero-order valence-corrected chi connectivity index (χ0v) is 18.0. The Bertz CT molecular complexity index is 1090. The average Bonchev–Trinajstić information content (AvgIpc) is 3.14. The fourth-order valence-corrected chi connectivity index (χ4v) is 3.29. The molecule has 0 radical (unpaired) electrons. The topological polar surface area (TPSA) is 131 Å². The lowest BCUT2D eigenvalue weighted by Gasteiger charge is -2.22. The van der Waals surface area contributed by atoms with Crippen LogP contribution in [0.2, 0.25) is 0 Å². The molecule has 2 aromatic rings. The zero-order chi connectivity index (χ0) is 26.6. The van der Waals surface area contributed by atoms with Crippen molar-refractivity contribution in [2.45, 2.75) is 43.9 Å². The Hall–Kier alpha value is -3.55. The van der Waals surface area contributed by atoms with Crippen molar-refractivity contribution < 1.29 is 50.6 Å². The number of alkyl halides is 6. The van der Waals surface area contributed by atoms with Crippen molar-refractivity contribution in [3.63, 3.8) is 0 Å². The van der Waals surface area contributed by atoms with Crippen molar-refractivity contribution in [3.8, 4) is 0 Å². The summed E-state index contributed by atoms with van der Waals surface area (Å²) in [5, 5.41) is 13.4. The number of carboxylic acid groups (broad SMARTS) is 1. The fourth-order valence-electron chi connectivity index (χ4n) is 3.29. The number of aliphatic carboxylic acids is 1. The van der Waals surface area contributed by atoms with Crippen molar-refractivity contribution in [2.75, 3.05) is 11.9 Å². The van der Waals surface area contributed by atoms with Gasteiger partial charge in [0.05, 0.1) is 6.04 Å². The van der Waals surface area contributed by atoms with Crippen LogP contribution in [0.1, 0.15) is 24.8 Å². The van der Waals surface area contributed by atoms with E-state index in [9.17, 15) is 35.9 Å². The van der Waals surface area contributed by atoms with Gasteiger partial charge in [0.1, 0.15) is 12.5 Å². The molecular formula is C21H21F6N3O5. The number of hydrogen-bond acceptors (Lipinski definition) is 6. The van der Waals surface area contributed by atoms with Crippen molar-refractivity contribution in [1.29, 1.82) is 0 Å². The number of rotatable bonds is 5. The van der Waals surface area contributed by atoms with Crippen molar-refractivity contribution in [2.24, 2.45) is 5.73 Å². The number of halogens is 6. The van der Waals surface area contributed by atoms with Gasteiger partial charge in [0.25, 0.3) is 0 Å². The monoisotopic (exact) mass is 509 g/mol. The molecule has 0 aliphatic carbocycles. The molecule has 1 heterocycles. The molecule has 0 fully saturated rings. The van der Waals surface area contributed by atoms with Crippen molar-refractivity contribution >= 4 is 34.3 Å². The number of ketones is 1. The summed E-state index contributed by atoms with van der Waals surface area (Å²) in [4.78, 5) is 33.7. The number of hydrogen-bond donors (Lipinski definition) is 4. The average molecular weight is 509 g/mol. The minimum absolute atomic E-state index is 0.348. The van der Waals surface area contributed by atoms with Gasteiger partial charge in [0.15, 0.2) is 12.0 Å². The molecule has 1 aliphatic rings. The van der Waals surface area contributed by atoms with Crippen LogP contribution in [0.3, 0.4) is 0 Å². The van der Waals surface area contributed by atoms with E-state index in [-0.39, 0.29) is 5.78 Å². The Labute approximate surface area is 194 Å². The standard InChI is InChI=1S/C19H20F3N3O3.C2HF3O2/c1-2-12(23)16(26)15-14-11-6-4-3-5-10(11)7-8-13(14)25-17(15)28-18(27)24-9-19(20,21)22;3-2(4,5)1(6)7/h3-8,12,15,17,25H,2,9,23H2,1H3,(H,24,27);(H,6,7)/t12-,15?,17-;/m0./s1. The van der Waals surface area contributed by atoms with Gasteiger partial charge in [-0.1, -0.05) is 37.3 Å². The third kappa shape index (κ3) is 7.21. The first-order valence-electron chi connectivity index (χ1n) is 10.0. The number of carbonyl (C=O) groups excluding carboxylic acids is 2. The van der Waals surface area contributed by atoms with Crippen molar-refractivity contribution in [3.05, 3.63) is 42.0 Å². The maximum atomic E-state index is 12.9. The number of alkyl carbamates (subject to hydrolysis) is 1. The van der Waals surface area contributed by atoms with E-state index >= 15 is 0 Å². The number of carbonyl (C=O) groups is 3. The van der Waals surface area contributed by atoms with Gasteiger partial charge >= 0.3 is 24.4 Å². The lowest BCUT2D eigenvalue weighted by Crippen LogP contribution is -2.43. The maximum Gasteiger partial charge on any atom is 0.490 e. The summed E-state index contributed by atoms with van der Waals surface area (Å²) in [5.74, 6) is -4.03. The highest BCUT2D eigenvalue weighted by molar-refractivity contribution is 6.01. The quantitative estimate of drug-likeness (QED) is 0.450. The lowest BCUT2D eigenvalue weighted by molar-refractivity contribution is -0.192. The Morgan fingerprint density at radius 1 is 1.11 bits per heavy atom. The van der Waals surface area contributed by atoms with Crippen LogP contribution >= 0.6 is 0 Å². The zero-order valence-electron chi connectivity index (χ0n) is 18.0. The van der Waals surface area contributed by atoms with E-state index in [0.29, 0.717) is 17.7 Å². The molecule has 0 saturated carbocycles. The minimum Gasteiger partial charge on any atom is -0.475 e. The number of Topliss-reactive ketones (excluding diaryl/α,β-unsaturated/α-hetero) is 1. The van der Waals surface area contributed by atoms with Crippen LogP contribution < -0.4 is 16.4 Å². The van der Waals surface area contributed by atoms with E-state index in [1.165, 1.54) is 0 Å². The van der Waals surface area contributed by atoms with Crippen LogP contribution in [0, 0.1) is 0 Å². The molecule has 0 aromatic heterocycles. The molecule has 192 valence electrons. The van der Waals surface area contributed by atoms with Crippen LogP contribution in [-0.2, 0) is 14.3 Å². The number of anilines is 1. The Balaban J connectivity index is 0.000000540. The van der Waals surface area contributed by atoms with Crippen LogP contribution in [-0.4, -0.2) is 54.1 Å². The number of nitrogens with two attached hydrogens (primary N) is 1. The van der Waals surface area contributed by atoms with Crippen molar-refractivity contribution in [1.82, 2.24) is 5.32 Å². The molecule has 1 aliphatic heterocycles. The molecule has 3 rings (SSSR count). The highest BCUT2D eigenvalue weighted by Gasteiger charge is 2.43.